The molecule has 0 aromatic carbocycles. The van der Waals surface area contributed by atoms with E-state index in [9.17, 15) is 0 Å². The largest absolute Gasteiger partial charge is 0.311 e. The van der Waals surface area contributed by atoms with Crippen molar-refractivity contribution in [2.24, 2.45) is 0 Å². The Hall–Kier alpha value is -0.380. The van der Waals surface area contributed by atoms with E-state index >= 15 is 0 Å². The van der Waals surface area contributed by atoms with E-state index in [1.54, 1.807) is 0 Å². The van der Waals surface area contributed by atoms with Crippen LogP contribution in [-0.4, -0.2) is 30.1 Å². The molecule has 0 aliphatic carbocycles. The SMILES string of the molecule is CCc1ccc(CN2CC(C)NCC2C)s1. The Balaban J connectivity index is 1.97. The minimum atomic E-state index is 0.627. The minimum absolute atomic E-state index is 0.627. The van der Waals surface area contributed by atoms with Crippen molar-refractivity contribution in [3.8, 4) is 0 Å². The Morgan fingerprint density at radius 2 is 2.12 bits per heavy atom. The van der Waals surface area contributed by atoms with E-state index in [0.29, 0.717) is 12.1 Å². The Kier molecular flexibility index (Phi) is 4.00. The number of aryl methyl sites for hydroxylation is 1. The summed E-state index contributed by atoms with van der Waals surface area (Å²) >= 11 is 1.97. The molecule has 1 aliphatic heterocycles. The maximum absolute atomic E-state index is 3.53. The molecule has 90 valence electrons. The monoisotopic (exact) mass is 238 g/mol. The molecular weight excluding hydrogens is 216 g/mol. The van der Waals surface area contributed by atoms with Gasteiger partial charge < -0.3 is 5.32 Å². The van der Waals surface area contributed by atoms with Crippen molar-refractivity contribution in [2.75, 3.05) is 13.1 Å². The molecule has 16 heavy (non-hydrogen) atoms. The fraction of sp³-hybridized carbons (Fsp3) is 0.692. The Morgan fingerprint density at radius 3 is 2.81 bits per heavy atom. The zero-order valence-corrected chi connectivity index (χ0v) is 11.3. The highest BCUT2D eigenvalue weighted by Crippen LogP contribution is 2.20. The maximum atomic E-state index is 3.53. The summed E-state index contributed by atoms with van der Waals surface area (Å²) in [5.41, 5.74) is 0. The van der Waals surface area contributed by atoms with Crippen LogP contribution in [0.25, 0.3) is 0 Å². The molecular formula is C13H22N2S. The third-order valence-corrected chi connectivity index (χ3v) is 4.53. The third kappa shape index (κ3) is 2.84. The number of nitrogens with one attached hydrogen (secondary N) is 1. The van der Waals surface area contributed by atoms with Crippen LogP contribution in [0.4, 0.5) is 0 Å². The van der Waals surface area contributed by atoms with Crippen molar-refractivity contribution in [3.05, 3.63) is 21.9 Å². The van der Waals surface area contributed by atoms with E-state index in [-0.39, 0.29) is 0 Å². The zero-order valence-electron chi connectivity index (χ0n) is 10.5. The van der Waals surface area contributed by atoms with Gasteiger partial charge in [0.1, 0.15) is 0 Å². The van der Waals surface area contributed by atoms with Crippen LogP contribution in [0.2, 0.25) is 0 Å². The molecule has 0 spiro atoms. The third-order valence-electron chi connectivity index (χ3n) is 3.32. The summed E-state index contributed by atoms with van der Waals surface area (Å²) in [6, 6.07) is 5.85. The van der Waals surface area contributed by atoms with Gasteiger partial charge in [-0.3, -0.25) is 4.90 Å². The number of hydrogen-bond donors (Lipinski definition) is 1. The molecule has 0 bridgehead atoms. The van der Waals surface area contributed by atoms with Gasteiger partial charge >= 0.3 is 0 Å². The fourth-order valence-corrected chi connectivity index (χ4v) is 3.20. The Labute approximate surface area is 103 Å². The molecule has 2 unspecified atom stereocenters. The highest BCUT2D eigenvalue weighted by Gasteiger charge is 2.22. The van der Waals surface area contributed by atoms with Crippen LogP contribution in [0.3, 0.4) is 0 Å². The average Bonchev–Trinajstić information content (AvgIpc) is 2.71. The Morgan fingerprint density at radius 1 is 1.38 bits per heavy atom. The number of piperazine rings is 1. The van der Waals surface area contributed by atoms with Crippen molar-refractivity contribution < 1.29 is 0 Å². The van der Waals surface area contributed by atoms with Crippen molar-refractivity contribution in [2.45, 2.75) is 45.8 Å². The van der Waals surface area contributed by atoms with Crippen LogP contribution in [-0.2, 0) is 13.0 Å². The second-order valence-electron chi connectivity index (χ2n) is 4.81. The van der Waals surface area contributed by atoms with Gasteiger partial charge in [0.15, 0.2) is 0 Å². The fourth-order valence-electron chi connectivity index (χ4n) is 2.21. The molecule has 2 nitrogen and oxygen atoms in total. The second-order valence-corrected chi connectivity index (χ2v) is 6.06. The number of nitrogens with zero attached hydrogens (tertiary/aromatic N) is 1. The maximum Gasteiger partial charge on any atom is 0.0332 e. The van der Waals surface area contributed by atoms with Gasteiger partial charge in [0.25, 0.3) is 0 Å². The van der Waals surface area contributed by atoms with Crippen molar-refractivity contribution in [1.82, 2.24) is 10.2 Å². The molecule has 0 amide bonds. The van der Waals surface area contributed by atoms with Crippen LogP contribution in [0.5, 0.6) is 0 Å². The molecule has 2 atom stereocenters. The number of hydrogen-bond acceptors (Lipinski definition) is 3. The molecule has 3 heteroatoms. The number of thiophene rings is 1. The van der Waals surface area contributed by atoms with E-state index < -0.39 is 0 Å². The summed E-state index contributed by atoms with van der Waals surface area (Å²) in [4.78, 5) is 5.61. The first kappa shape index (κ1) is 12.1. The molecule has 2 heterocycles. The summed E-state index contributed by atoms with van der Waals surface area (Å²) in [5, 5.41) is 3.53. The summed E-state index contributed by atoms with van der Waals surface area (Å²) in [6.45, 7) is 10.2. The van der Waals surface area contributed by atoms with E-state index in [2.05, 4.69) is 43.1 Å². The molecule has 1 aromatic heterocycles. The van der Waals surface area contributed by atoms with Gasteiger partial charge in [-0.2, -0.15) is 0 Å². The molecule has 0 radical (unpaired) electrons. The van der Waals surface area contributed by atoms with Crippen LogP contribution in [0, 0.1) is 0 Å². The average molecular weight is 238 g/mol. The van der Waals surface area contributed by atoms with Gasteiger partial charge in [-0.15, -0.1) is 11.3 Å². The predicted molar refractivity (Wildman–Crippen MR) is 71.0 cm³/mol. The molecule has 1 fully saturated rings. The summed E-state index contributed by atoms with van der Waals surface area (Å²) in [6.07, 6.45) is 1.16. The van der Waals surface area contributed by atoms with Gasteiger partial charge in [0, 0.05) is 41.5 Å². The first-order valence-corrected chi connectivity index (χ1v) is 7.05. The van der Waals surface area contributed by atoms with Crippen LogP contribution in [0.15, 0.2) is 12.1 Å². The van der Waals surface area contributed by atoms with Gasteiger partial charge in [-0.05, 0) is 32.4 Å². The second kappa shape index (κ2) is 5.30. The topological polar surface area (TPSA) is 15.3 Å². The normalized spacial score (nSPS) is 27.2. The summed E-state index contributed by atoms with van der Waals surface area (Å²) in [5.74, 6) is 0. The van der Waals surface area contributed by atoms with Gasteiger partial charge in [-0.1, -0.05) is 6.92 Å². The van der Waals surface area contributed by atoms with Crippen LogP contribution >= 0.6 is 11.3 Å². The summed E-state index contributed by atoms with van der Waals surface area (Å²) in [7, 11) is 0. The quantitative estimate of drug-likeness (QED) is 0.870. The van der Waals surface area contributed by atoms with Gasteiger partial charge in [-0.25, -0.2) is 0 Å². The van der Waals surface area contributed by atoms with Crippen LogP contribution < -0.4 is 5.32 Å². The van der Waals surface area contributed by atoms with Crippen molar-refractivity contribution >= 4 is 11.3 Å². The lowest BCUT2D eigenvalue weighted by Gasteiger charge is -2.37. The lowest BCUT2D eigenvalue weighted by molar-refractivity contribution is 0.140. The van der Waals surface area contributed by atoms with E-state index in [1.807, 2.05) is 11.3 Å². The number of rotatable bonds is 3. The standard InChI is InChI=1S/C13H22N2S/c1-4-12-5-6-13(16-12)9-15-8-10(2)14-7-11(15)3/h5-6,10-11,14H,4,7-9H2,1-3H3. The first-order chi connectivity index (χ1) is 7.69. The minimum Gasteiger partial charge on any atom is -0.311 e. The first-order valence-electron chi connectivity index (χ1n) is 6.24. The lowest BCUT2D eigenvalue weighted by Crippen LogP contribution is -2.53. The molecule has 1 N–H and O–H groups in total. The molecule has 1 saturated heterocycles. The van der Waals surface area contributed by atoms with E-state index in [0.717, 1.165) is 19.5 Å². The summed E-state index contributed by atoms with van der Waals surface area (Å²) < 4.78 is 0. The van der Waals surface area contributed by atoms with Gasteiger partial charge in [0.05, 0.1) is 0 Å². The zero-order chi connectivity index (χ0) is 11.5. The predicted octanol–water partition coefficient (Wildman–Crippen LogP) is 2.49. The van der Waals surface area contributed by atoms with Gasteiger partial charge in [0.2, 0.25) is 0 Å². The Bertz CT molecular complexity index is 334. The van der Waals surface area contributed by atoms with Crippen molar-refractivity contribution in [3.63, 3.8) is 0 Å². The van der Waals surface area contributed by atoms with Crippen molar-refractivity contribution in [1.29, 1.82) is 0 Å². The molecule has 2 rings (SSSR count). The van der Waals surface area contributed by atoms with E-state index in [1.165, 1.54) is 16.3 Å². The lowest BCUT2D eigenvalue weighted by atomic mass is 10.1. The van der Waals surface area contributed by atoms with Crippen LogP contribution in [0.1, 0.15) is 30.5 Å². The highest BCUT2D eigenvalue weighted by molar-refractivity contribution is 7.11. The highest BCUT2D eigenvalue weighted by atomic mass is 32.1. The molecule has 1 aromatic rings. The molecule has 0 saturated carbocycles. The molecule has 1 aliphatic rings. The van der Waals surface area contributed by atoms with E-state index in [4.69, 9.17) is 0 Å². The smallest absolute Gasteiger partial charge is 0.0332 e.